The van der Waals surface area contributed by atoms with E-state index in [0.29, 0.717) is 16.9 Å². The van der Waals surface area contributed by atoms with Gasteiger partial charge in [-0.05, 0) is 30.7 Å². The molecule has 98 valence electrons. The minimum absolute atomic E-state index is 0.112. The minimum atomic E-state index is -0.340. The molecule has 0 atom stereocenters. The van der Waals surface area contributed by atoms with Crippen molar-refractivity contribution >= 4 is 21.7 Å². The van der Waals surface area contributed by atoms with E-state index in [0.717, 1.165) is 4.47 Å². The molecule has 2 aromatic carbocycles. The highest BCUT2D eigenvalue weighted by Crippen LogP contribution is 2.17. The highest BCUT2D eigenvalue weighted by atomic mass is 79.9. The van der Waals surface area contributed by atoms with Crippen molar-refractivity contribution in [3.05, 3.63) is 63.9 Å². The van der Waals surface area contributed by atoms with Crippen molar-refractivity contribution in [3.8, 4) is 5.75 Å². The van der Waals surface area contributed by atoms with E-state index >= 15 is 0 Å². The fourth-order valence-electron chi connectivity index (χ4n) is 1.56. The van der Waals surface area contributed by atoms with Crippen LogP contribution in [-0.4, -0.2) is 12.4 Å². The monoisotopic (exact) mass is 322 g/mol. The third-order valence-electron chi connectivity index (χ3n) is 2.66. The number of benzene rings is 2. The van der Waals surface area contributed by atoms with Gasteiger partial charge in [0.05, 0.1) is 0 Å². The van der Waals surface area contributed by atoms with Gasteiger partial charge in [0, 0.05) is 16.1 Å². The number of halogens is 2. The second-order valence-electron chi connectivity index (χ2n) is 4.13. The summed E-state index contributed by atoms with van der Waals surface area (Å²) in [6, 6.07) is 11.6. The van der Waals surface area contributed by atoms with Gasteiger partial charge in [-0.3, -0.25) is 4.79 Å². The van der Waals surface area contributed by atoms with Crippen molar-refractivity contribution in [2.45, 2.75) is 6.92 Å². The van der Waals surface area contributed by atoms with Gasteiger partial charge in [-0.2, -0.15) is 0 Å². The highest BCUT2D eigenvalue weighted by molar-refractivity contribution is 9.10. The molecule has 0 aliphatic rings. The van der Waals surface area contributed by atoms with Gasteiger partial charge in [-0.1, -0.05) is 34.1 Å². The van der Waals surface area contributed by atoms with Crippen LogP contribution in [0.15, 0.2) is 46.9 Å². The molecule has 0 aliphatic carbocycles. The van der Waals surface area contributed by atoms with Crippen LogP contribution in [0.25, 0.3) is 0 Å². The normalized spacial score (nSPS) is 10.3. The zero-order valence-electron chi connectivity index (χ0n) is 10.3. The summed E-state index contributed by atoms with van der Waals surface area (Å²) in [6.07, 6.45) is 0. The zero-order chi connectivity index (χ0) is 13.8. The quantitative estimate of drug-likeness (QED) is 0.790. The summed E-state index contributed by atoms with van der Waals surface area (Å²) >= 11 is 3.30. The SMILES string of the molecule is Cc1ccc(OCC(=O)c2cccc(Br)c2)cc1F. The largest absolute Gasteiger partial charge is 0.485 e. The van der Waals surface area contributed by atoms with Gasteiger partial charge >= 0.3 is 0 Å². The number of hydrogen-bond donors (Lipinski definition) is 0. The van der Waals surface area contributed by atoms with Crippen molar-refractivity contribution in [2.24, 2.45) is 0 Å². The Morgan fingerprint density at radius 2 is 2.05 bits per heavy atom. The lowest BCUT2D eigenvalue weighted by Gasteiger charge is -2.06. The molecule has 0 unspecified atom stereocenters. The molecule has 19 heavy (non-hydrogen) atoms. The molecule has 0 fully saturated rings. The Hall–Kier alpha value is -1.68. The Morgan fingerprint density at radius 1 is 1.26 bits per heavy atom. The van der Waals surface area contributed by atoms with Crippen molar-refractivity contribution in [1.82, 2.24) is 0 Å². The molecular formula is C15H12BrFO2. The Labute approximate surface area is 119 Å². The molecule has 0 saturated heterocycles. The number of ketones is 1. The van der Waals surface area contributed by atoms with Gasteiger partial charge in [0.2, 0.25) is 0 Å². The number of Topliss-reactive ketones (excluding diaryl/α,β-unsaturated/α-hetero) is 1. The fraction of sp³-hybridized carbons (Fsp3) is 0.133. The molecule has 0 aromatic heterocycles. The molecule has 0 radical (unpaired) electrons. The van der Waals surface area contributed by atoms with Crippen LogP contribution < -0.4 is 4.74 Å². The maximum absolute atomic E-state index is 13.3. The number of rotatable bonds is 4. The van der Waals surface area contributed by atoms with E-state index in [-0.39, 0.29) is 18.2 Å². The molecule has 0 amide bonds. The van der Waals surface area contributed by atoms with E-state index < -0.39 is 0 Å². The summed E-state index contributed by atoms with van der Waals surface area (Å²) in [6.45, 7) is 1.56. The first-order valence-corrected chi connectivity index (χ1v) is 6.53. The second kappa shape index (κ2) is 5.97. The number of ether oxygens (including phenoxy) is 1. The first-order valence-electron chi connectivity index (χ1n) is 5.74. The van der Waals surface area contributed by atoms with Crippen LogP contribution in [0.4, 0.5) is 4.39 Å². The molecule has 2 rings (SSSR count). The van der Waals surface area contributed by atoms with Crippen molar-refractivity contribution in [2.75, 3.05) is 6.61 Å². The lowest BCUT2D eigenvalue weighted by Crippen LogP contribution is -2.11. The minimum Gasteiger partial charge on any atom is -0.485 e. The van der Waals surface area contributed by atoms with Crippen LogP contribution in [0.1, 0.15) is 15.9 Å². The number of carbonyl (C=O) groups excluding carboxylic acids is 1. The topological polar surface area (TPSA) is 26.3 Å². The number of aryl methyl sites for hydroxylation is 1. The maximum atomic E-state index is 13.3. The molecular weight excluding hydrogens is 311 g/mol. The fourth-order valence-corrected chi connectivity index (χ4v) is 1.96. The average molecular weight is 323 g/mol. The Balaban J connectivity index is 2.02. The van der Waals surface area contributed by atoms with Crippen LogP contribution in [-0.2, 0) is 0 Å². The average Bonchev–Trinajstić information content (AvgIpc) is 2.40. The zero-order valence-corrected chi connectivity index (χ0v) is 11.9. The van der Waals surface area contributed by atoms with Crippen LogP contribution in [0.2, 0.25) is 0 Å². The van der Waals surface area contributed by atoms with E-state index in [1.54, 1.807) is 37.3 Å². The Kier molecular flexibility index (Phi) is 4.32. The molecule has 0 heterocycles. The third-order valence-corrected chi connectivity index (χ3v) is 3.15. The molecule has 0 bridgehead atoms. The summed E-state index contributed by atoms with van der Waals surface area (Å²) in [4.78, 5) is 11.9. The first kappa shape index (κ1) is 13.7. The van der Waals surface area contributed by atoms with E-state index in [1.807, 2.05) is 6.07 Å². The van der Waals surface area contributed by atoms with Gasteiger partial charge in [0.25, 0.3) is 0 Å². The van der Waals surface area contributed by atoms with Gasteiger partial charge < -0.3 is 4.74 Å². The van der Waals surface area contributed by atoms with E-state index in [9.17, 15) is 9.18 Å². The van der Waals surface area contributed by atoms with Crippen molar-refractivity contribution in [3.63, 3.8) is 0 Å². The molecule has 0 aliphatic heterocycles. The van der Waals surface area contributed by atoms with Gasteiger partial charge in [0.1, 0.15) is 11.6 Å². The van der Waals surface area contributed by atoms with Crippen LogP contribution in [0.5, 0.6) is 5.75 Å². The van der Waals surface area contributed by atoms with Gasteiger partial charge in [0.15, 0.2) is 12.4 Å². The van der Waals surface area contributed by atoms with Crippen LogP contribution in [0.3, 0.4) is 0 Å². The molecule has 2 nitrogen and oxygen atoms in total. The van der Waals surface area contributed by atoms with Gasteiger partial charge in [-0.25, -0.2) is 4.39 Å². The van der Waals surface area contributed by atoms with E-state index in [2.05, 4.69) is 15.9 Å². The predicted octanol–water partition coefficient (Wildman–Crippen LogP) is 4.16. The van der Waals surface area contributed by atoms with Crippen molar-refractivity contribution in [1.29, 1.82) is 0 Å². The van der Waals surface area contributed by atoms with Crippen LogP contribution in [0, 0.1) is 12.7 Å². The standard InChI is InChI=1S/C15H12BrFO2/c1-10-5-6-13(8-14(10)17)19-9-15(18)11-3-2-4-12(16)7-11/h2-8H,9H2,1H3. The summed E-state index contributed by atoms with van der Waals surface area (Å²) in [5, 5.41) is 0. The molecule has 0 N–H and O–H groups in total. The summed E-state index contributed by atoms with van der Waals surface area (Å²) in [7, 11) is 0. The Morgan fingerprint density at radius 3 is 2.74 bits per heavy atom. The summed E-state index contributed by atoms with van der Waals surface area (Å²) < 4.78 is 19.4. The summed E-state index contributed by atoms with van der Waals surface area (Å²) in [5.41, 5.74) is 1.10. The van der Waals surface area contributed by atoms with E-state index in [4.69, 9.17) is 4.74 Å². The van der Waals surface area contributed by atoms with Crippen molar-refractivity contribution < 1.29 is 13.9 Å². The lowest BCUT2D eigenvalue weighted by atomic mass is 10.1. The predicted molar refractivity (Wildman–Crippen MR) is 75.1 cm³/mol. The molecule has 4 heteroatoms. The number of carbonyl (C=O) groups is 1. The molecule has 0 saturated carbocycles. The summed E-state index contributed by atoms with van der Waals surface area (Å²) in [5.74, 6) is -0.138. The first-order chi connectivity index (χ1) is 9.06. The number of hydrogen-bond acceptors (Lipinski definition) is 2. The smallest absolute Gasteiger partial charge is 0.200 e. The van der Waals surface area contributed by atoms with Crippen LogP contribution >= 0.6 is 15.9 Å². The maximum Gasteiger partial charge on any atom is 0.200 e. The lowest BCUT2D eigenvalue weighted by molar-refractivity contribution is 0.0921. The second-order valence-corrected chi connectivity index (χ2v) is 5.05. The highest BCUT2D eigenvalue weighted by Gasteiger charge is 2.08. The Bertz CT molecular complexity index is 611. The molecule has 0 spiro atoms. The third kappa shape index (κ3) is 3.64. The van der Waals surface area contributed by atoms with Gasteiger partial charge in [-0.15, -0.1) is 0 Å². The van der Waals surface area contributed by atoms with E-state index in [1.165, 1.54) is 6.07 Å². The molecule has 2 aromatic rings.